The molecule has 4 aromatic carbocycles. The molecule has 5 rings (SSSR count). The van der Waals surface area contributed by atoms with E-state index < -0.39 is 0 Å². The van der Waals surface area contributed by atoms with Crippen LogP contribution in [0.1, 0.15) is 17.0 Å². The zero-order valence-corrected chi connectivity index (χ0v) is 17.6. The second-order valence-corrected chi connectivity index (χ2v) is 7.77. The van der Waals surface area contributed by atoms with E-state index in [0.29, 0.717) is 18.0 Å². The summed E-state index contributed by atoms with van der Waals surface area (Å²) in [5, 5.41) is 3.41. The molecule has 0 saturated carbocycles. The van der Waals surface area contributed by atoms with Crippen molar-refractivity contribution in [3.05, 3.63) is 120 Å². The van der Waals surface area contributed by atoms with Gasteiger partial charge in [-0.05, 0) is 35.4 Å². The fourth-order valence-electron chi connectivity index (χ4n) is 4.17. The highest BCUT2D eigenvalue weighted by molar-refractivity contribution is 6.05. The smallest absolute Gasteiger partial charge is 0.245 e. The third-order valence-electron chi connectivity index (χ3n) is 5.71. The Hall–Kier alpha value is -3.89. The minimum absolute atomic E-state index is 0.0203. The molecule has 4 heteroatoms. The molecule has 0 saturated heterocycles. The van der Waals surface area contributed by atoms with Gasteiger partial charge < -0.3 is 10.1 Å². The number of hydrogen-bond acceptors (Lipinski definition) is 3. The van der Waals surface area contributed by atoms with E-state index in [-0.39, 0.29) is 18.4 Å². The highest BCUT2D eigenvalue weighted by Crippen LogP contribution is 2.46. The van der Waals surface area contributed by atoms with E-state index >= 15 is 0 Å². The highest BCUT2D eigenvalue weighted by Gasteiger charge is 2.28. The van der Waals surface area contributed by atoms with Crippen LogP contribution >= 0.6 is 0 Å². The second kappa shape index (κ2) is 9.08. The number of nitrogens with zero attached hydrogens (tertiary/aromatic N) is 1. The first-order valence-corrected chi connectivity index (χ1v) is 10.8. The number of rotatable bonds is 6. The summed E-state index contributed by atoms with van der Waals surface area (Å²) in [7, 11) is 0. The van der Waals surface area contributed by atoms with Gasteiger partial charge in [-0.1, -0.05) is 84.9 Å². The first-order chi connectivity index (χ1) is 15.8. The average molecular weight is 421 g/mol. The fraction of sp³-hybridized carbons (Fsp3) is 0.107. The molecule has 0 spiro atoms. The van der Waals surface area contributed by atoms with Crippen molar-refractivity contribution in [2.24, 2.45) is 0 Å². The van der Waals surface area contributed by atoms with Crippen LogP contribution in [0.5, 0.6) is 11.5 Å². The molecule has 1 N–H and O–H groups in total. The van der Waals surface area contributed by atoms with Crippen molar-refractivity contribution in [2.45, 2.75) is 5.92 Å². The van der Waals surface area contributed by atoms with Crippen LogP contribution in [0.2, 0.25) is 0 Å². The van der Waals surface area contributed by atoms with Crippen LogP contribution in [-0.2, 0) is 4.79 Å². The molecule has 0 radical (unpaired) electrons. The Morgan fingerprint density at radius 1 is 0.688 bits per heavy atom. The normalized spacial score (nSPS) is 12.1. The first kappa shape index (κ1) is 20.0. The third kappa shape index (κ3) is 4.01. The summed E-state index contributed by atoms with van der Waals surface area (Å²) >= 11 is 0. The lowest BCUT2D eigenvalue weighted by molar-refractivity contribution is -0.117. The predicted molar refractivity (Wildman–Crippen MR) is 128 cm³/mol. The predicted octanol–water partition coefficient (Wildman–Crippen LogP) is 5.88. The van der Waals surface area contributed by atoms with Gasteiger partial charge in [0.1, 0.15) is 0 Å². The summed E-state index contributed by atoms with van der Waals surface area (Å²) in [4.78, 5) is 15.1. The second-order valence-electron chi connectivity index (χ2n) is 7.77. The fourth-order valence-corrected chi connectivity index (χ4v) is 4.17. The molecular formula is C28H24N2O2. The van der Waals surface area contributed by atoms with Crippen molar-refractivity contribution >= 4 is 17.3 Å². The maximum atomic E-state index is 13.4. The largest absolute Gasteiger partial charge is 0.453 e. The zero-order valence-electron chi connectivity index (χ0n) is 17.6. The number of fused-ring (bicyclic) bond motifs is 2. The minimum Gasteiger partial charge on any atom is -0.453 e. The molecule has 1 aliphatic rings. The van der Waals surface area contributed by atoms with Gasteiger partial charge in [-0.15, -0.1) is 0 Å². The van der Waals surface area contributed by atoms with Gasteiger partial charge in [0.25, 0.3) is 0 Å². The van der Waals surface area contributed by atoms with Gasteiger partial charge in [0.05, 0.1) is 17.9 Å². The van der Waals surface area contributed by atoms with Crippen LogP contribution in [0.15, 0.2) is 109 Å². The summed E-state index contributed by atoms with van der Waals surface area (Å²) in [6.07, 6.45) is 0. The van der Waals surface area contributed by atoms with E-state index in [4.69, 9.17) is 4.74 Å². The van der Waals surface area contributed by atoms with E-state index in [9.17, 15) is 4.79 Å². The summed E-state index contributed by atoms with van der Waals surface area (Å²) in [5.74, 6) is 1.51. The highest BCUT2D eigenvalue weighted by atomic mass is 16.5. The van der Waals surface area contributed by atoms with Gasteiger partial charge in [0.2, 0.25) is 5.91 Å². The maximum Gasteiger partial charge on any atom is 0.245 e. The molecule has 0 aliphatic carbocycles. The minimum atomic E-state index is -0.0203. The Morgan fingerprint density at radius 3 is 1.69 bits per heavy atom. The van der Waals surface area contributed by atoms with E-state index in [1.54, 1.807) is 4.90 Å². The van der Waals surface area contributed by atoms with E-state index in [0.717, 1.165) is 11.4 Å². The van der Waals surface area contributed by atoms with Gasteiger partial charge in [-0.2, -0.15) is 0 Å². The van der Waals surface area contributed by atoms with Gasteiger partial charge in [-0.3, -0.25) is 9.69 Å². The molecule has 1 heterocycles. The number of carbonyl (C=O) groups is 1. The maximum absolute atomic E-state index is 13.4. The number of ether oxygens (including phenoxy) is 1. The van der Waals surface area contributed by atoms with Crippen LogP contribution in [0, 0.1) is 0 Å². The SMILES string of the molecule is O=C(CNCC(c1ccccc1)c1ccccc1)N1c2ccccc2Oc2ccccc21. The van der Waals surface area contributed by atoms with Crippen LogP contribution < -0.4 is 15.0 Å². The van der Waals surface area contributed by atoms with Gasteiger partial charge in [0.15, 0.2) is 11.5 Å². The molecule has 0 unspecified atom stereocenters. The van der Waals surface area contributed by atoms with Crippen molar-refractivity contribution in [3.8, 4) is 11.5 Å². The lowest BCUT2D eigenvalue weighted by atomic mass is 9.91. The number of amides is 1. The molecule has 0 fully saturated rings. The summed E-state index contributed by atoms with van der Waals surface area (Å²) in [6, 6.07) is 36.1. The molecule has 4 nitrogen and oxygen atoms in total. The number of hydrogen-bond donors (Lipinski definition) is 1. The van der Waals surface area contributed by atoms with Crippen molar-refractivity contribution in [1.29, 1.82) is 0 Å². The van der Waals surface area contributed by atoms with Gasteiger partial charge in [-0.25, -0.2) is 0 Å². The molecule has 158 valence electrons. The van der Waals surface area contributed by atoms with E-state index in [1.165, 1.54) is 11.1 Å². The van der Waals surface area contributed by atoms with Crippen LogP contribution in [0.4, 0.5) is 11.4 Å². The molecule has 0 bridgehead atoms. The molecule has 1 amide bonds. The van der Waals surface area contributed by atoms with Crippen LogP contribution in [0.3, 0.4) is 0 Å². The first-order valence-electron chi connectivity index (χ1n) is 10.8. The lowest BCUT2D eigenvalue weighted by Crippen LogP contribution is -2.38. The quantitative estimate of drug-likeness (QED) is 0.424. The molecule has 4 aromatic rings. The monoisotopic (exact) mass is 420 g/mol. The Bertz CT molecular complexity index is 1120. The Kier molecular flexibility index (Phi) is 5.69. The average Bonchev–Trinajstić information content (AvgIpc) is 2.86. The van der Waals surface area contributed by atoms with E-state index in [2.05, 4.69) is 53.8 Å². The van der Waals surface area contributed by atoms with Crippen molar-refractivity contribution < 1.29 is 9.53 Å². The number of nitrogens with one attached hydrogen (secondary N) is 1. The molecule has 0 aromatic heterocycles. The number of benzene rings is 4. The number of anilines is 2. The summed E-state index contributed by atoms with van der Waals surface area (Å²) in [5.41, 5.74) is 3.97. The van der Waals surface area contributed by atoms with Crippen molar-refractivity contribution in [1.82, 2.24) is 5.32 Å². The van der Waals surface area contributed by atoms with Crippen molar-refractivity contribution in [3.63, 3.8) is 0 Å². The number of para-hydroxylation sites is 4. The standard InChI is InChI=1S/C28H24N2O2/c31-28(30-24-15-7-9-17-26(24)32-27-18-10-8-16-25(27)30)20-29-19-23(21-11-3-1-4-12-21)22-13-5-2-6-14-22/h1-18,23,29H,19-20H2. The Labute approximate surface area is 188 Å². The molecule has 0 atom stereocenters. The zero-order chi connectivity index (χ0) is 21.8. The Balaban J connectivity index is 1.36. The topological polar surface area (TPSA) is 41.6 Å². The van der Waals surface area contributed by atoms with Gasteiger partial charge in [0, 0.05) is 12.5 Å². The summed E-state index contributed by atoms with van der Waals surface area (Å²) in [6.45, 7) is 0.881. The lowest BCUT2D eigenvalue weighted by Gasteiger charge is -2.31. The van der Waals surface area contributed by atoms with Crippen LogP contribution in [0.25, 0.3) is 0 Å². The molecule has 1 aliphatic heterocycles. The van der Waals surface area contributed by atoms with Gasteiger partial charge >= 0.3 is 0 Å². The van der Waals surface area contributed by atoms with E-state index in [1.807, 2.05) is 60.7 Å². The molecule has 32 heavy (non-hydrogen) atoms. The third-order valence-corrected chi connectivity index (χ3v) is 5.71. The Morgan fingerprint density at radius 2 is 1.16 bits per heavy atom. The number of carbonyl (C=O) groups excluding carboxylic acids is 1. The van der Waals surface area contributed by atoms with Crippen molar-refractivity contribution in [2.75, 3.05) is 18.0 Å². The van der Waals surface area contributed by atoms with Crippen LogP contribution in [-0.4, -0.2) is 19.0 Å². The molecular weight excluding hydrogens is 396 g/mol. The summed E-state index contributed by atoms with van der Waals surface area (Å²) < 4.78 is 6.00.